The molecule has 29 heavy (non-hydrogen) atoms. The summed E-state index contributed by atoms with van der Waals surface area (Å²) in [7, 11) is 0. The smallest absolute Gasteiger partial charge is 0.341 e. The number of allylic oxidation sites excluding steroid dienone is 1. The van der Waals surface area contributed by atoms with E-state index in [1.165, 1.54) is 0 Å². The van der Waals surface area contributed by atoms with Crippen LogP contribution in [0.4, 0.5) is 4.39 Å². The van der Waals surface area contributed by atoms with Crippen molar-refractivity contribution >= 4 is 39.3 Å². The number of nitrogens with zero attached hydrogens (tertiary/aromatic N) is 1. The maximum Gasteiger partial charge on any atom is 0.341 e. The normalized spacial score (nSPS) is 11.0. The Hall–Kier alpha value is -3.68. The Morgan fingerprint density at radius 1 is 1.28 bits per heavy atom. The van der Waals surface area contributed by atoms with Crippen molar-refractivity contribution in [3.05, 3.63) is 53.7 Å². The number of amides is 1. The summed E-state index contributed by atoms with van der Waals surface area (Å²) in [6, 6.07) is 8.83. The Kier molecular flexibility index (Phi) is 5.36. The van der Waals surface area contributed by atoms with Gasteiger partial charge in [-0.2, -0.15) is 0 Å². The SMILES string of the molecule is C=C(CF)Cn1c(C)c(C(=O)C(N)=O)c2c(OCC(=O)O)c3ccccc3cc21. The number of carbonyl (C=O) groups is 3. The van der Waals surface area contributed by atoms with Crippen LogP contribution in [-0.2, 0) is 16.1 Å². The number of rotatable bonds is 8. The summed E-state index contributed by atoms with van der Waals surface area (Å²) in [6.07, 6.45) is 0. The monoisotopic (exact) mass is 398 g/mol. The third-order valence-electron chi connectivity index (χ3n) is 4.65. The molecule has 7 nitrogen and oxygen atoms in total. The Morgan fingerprint density at radius 3 is 2.59 bits per heavy atom. The van der Waals surface area contributed by atoms with Crippen molar-refractivity contribution in [2.45, 2.75) is 13.5 Å². The van der Waals surface area contributed by atoms with Crippen LogP contribution in [0.3, 0.4) is 0 Å². The largest absolute Gasteiger partial charge is 0.481 e. The van der Waals surface area contributed by atoms with Gasteiger partial charge in [0.25, 0.3) is 11.7 Å². The zero-order valence-corrected chi connectivity index (χ0v) is 15.7. The molecule has 0 unspecified atom stereocenters. The number of aliphatic carboxylic acids is 1. The van der Waals surface area contributed by atoms with E-state index >= 15 is 0 Å². The van der Waals surface area contributed by atoms with Gasteiger partial charge in [-0.25, -0.2) is 9.18 Å². The number of fused-ring (bicyclic) bond motifs is 2. The lowest BCUT2D eigenvalue weighted by atomic mass is 10.0. The van der Waals surface area contributed by atoms with Crippen LogP contribution >= 0.6 is 0 Å². The first-order valence-corrected chi connectivity index (χ1v) is 8.72. The second-order valence-corrected chi connectivity index (χ2v) is 6.63. The predicted octanol–water partition coefficient (Wildman–Crippen LogP) is 2.76. The van der Waals surface area contributed by atoms with Crippen LogP contribution in [0.15, 0.2) is 42.5 Å². The van der Waals surface area contributed by atoms with Gasteiger partial charge in [-0.1, -0.05) is 30.8 Å². The average Bonchev–Trinajstić information content (AvgIpc) is 2.95. The third-order valence-corrected chi connectivity index (χ3v) is 4.65. The molecule has 2 aromatic carbocycles. The molecule has 0 fully saturated rings. The van der Waals surface area contributed by atoms with Crippen LogP contribution in [0.2, 0.25) is 0 Å². The predicted molar refractivity (Wildman–Crippen MR) is 106 cm³/mol. The van der Waals surface area contributed by atoms with Gasteiger partial charge in [0.1, 0.15) is 12.4 Å². The molecule has 0 aliphatic heterocycles. The highest BCUT2D eigenvalue weighted by Gasteiger charge is 2.27. The summed E-state index contributed by atoms with van der Waals surface area (Å²) < 4.78 is 20.3. The summed E-state index contributed by atoms with van der Waals surface area (Å²) in [4.78, 5) is 35.4. The first kappa shape index (κ1) is 20.1. The summed E-state index contributed by atoms with van der Waals surface area (Å²) in [5.41, 5.74) is 6.38. The van der Waals surface area contributed by atoms with E-state index in [-0.39, 0.29) is 28.8 Å². The van der Waals surface area contributed by atoms with E-state index in [1.54, 1.807) is 41.8 Å². The Balaban J connectivity index is 2.46. The molecule has 150 valence electrons. The zero-order chi connectivity index (χ0) is 21.3. The number of carboxylic acid groups (broad SMARTS) is 1. The fourth-order valence-electron chi connectivity index (χ4n) is 3.41. The van der Waals surface area contributed by atoms with E-state index in [0.717, 1.165) is 5.39 Å². The lowest BCUT2D eigenvalue weighted by Gasteiger charge is -2.12. The number of nitrogens with two attached hydrogens (primary N) is 1. The van der Waals surface area contributed by atoms with Crippen molar-refractivity contribution < 1.29 is 28.6 Å². The van der Waals surface area contributed by atoms with Crippen molar-refractivity contribution in [1.29, 1.82) is 0 Å². The number of carboxylic acids is 1. The number of hydrogen-bond donors (Lipinski definition) is 2. The van der Waals surface area contributed by atoms with Gasteiger partial charge in [0.2, 0.25) is 0 Å². The second-order valence-electron chi connectivity index (χ2n) is 6.63. The molecule has 0 aliphatic rings. The second kappa shape index (κ2) is 7.75. The molecule has 3 aromatic rings. The van der Waals surface area contributed by atoms with Gasteiger partial charge in [0.15, 0.2) is 6.61 Å². The van der Waals surface area contributed by atoms with Gasteiger partial charge in [-0.3, -0.25) is 9.59 Å². The number of primary amides is 1. The lowest BCUT2D eigenvalue weighted by Crippen LogP contribution is -2.24. The summed E-state index contributed by atoms with van der Waals surface area (Å²) in [5.74, 6) is -3.14. The van der Waals surface area contributed by atoms with Crippen molar-refractivity contribution in [2.24, 2.45) is 5.73 Å². The average molecular weight is 398 g/mol. The fourth-order valence-corrected chi connectivity index (χ4v) is 3.41. The highest BCUT2D eigenvalue weighted by atomic mass is 19.1. The van der Waals surface area contributed by atoms with E-state index in [9.17, 15) is 18.8 Å². The van der Waals surface area contributed by atoms with E-state index in [2.05, 4.69) is 6.58 Å². The first-order valence-electron chi connectivity index (χ1n) is 8.72. The quantitative estimate of drug-likeness (QED) is 0.344. The van der Waals surface area contributed by atoms with Gasteiger partial charge in [0, 0.05) is 17.6 Å². The number of ketones is 1. The van der Waals surface area contributed by atoms with Crippen LogP contribution in [0.5, 0.6) is 5.75 Å². The van der Waals surface area contributed by atoms with Crippen molar-refractivity contribution in [3.63, 3.8) is 0 Å². The van der Waals surface area contributed by atoms with Crippen molar-refractivity contribution in [2.75, 3.05) is 13.3 Å². The third kappa shape index (κ3) is 3.56. The number of ether oxygens (including phenoxy) is 1. The molecule has 3 rings (SSSR count). The maximum atomic E-state index is 13.1. The molecule has 1 amide bonds. The highest BCUT2D eigenvalue weighted by Crippen LogP contribution is 2.40. The molecular weight excluding hydrogens is 379 g/mol. The van der Waals surface area contributed by atoms with Crippen LogP contribution in [0.25, 0.3) is 21.7 Å². The van der Waals surface area contributed by atoms with Crippen molar-refractivity contribution in [1.82, 2.24) is 4.57 Å². The molecule has 1 aromatic heterocycles. The van der Waals surface area contributed by atoms with Gasteiger partial charge in [-0.15, -0.1) is 0 Å². The number of aromatic nitrogens is 1. The van der Waals surface area contributed by atoms with E-state index in [0.29, 0.717) is 16.6 Å². The van der Waals surface area contributed by atoms with E-state index in [1.807, 2.05) is 0 Å². The molecule has 1 heterocycles. The van der Waals surface area contributed by atoms with Gasteiger partial charge >= 0.3 is 5.97 Å². The van der Waals surface area contributed by atoms with Gasteiger partial charge in [-0.05, 0) is 23.9 Å². The Morgan fingerprint density at radius 2 is 1.97 bits per heavy atom. The highest BCUT2D eigenvalue weighted by molar-refractivity contribution is 6.45. The molecule has 0 radical (unpaired) electrons. The van der Waals surface area contributed by atoms with E-state index < -0.39 is 30.9 Å². The zero-order valence-electron chi connectivity index (χ0n) is 15.7. The van der Waals surface area contributed by atoms with Crippen LogP contribution in [0, 0.1) is 6.92 Å². The van der Waals surface area contributed by atoms with E-state index in [4.69, 9.17) is 15.6 Å². The standard InChI is InChI=1S/C21H19FN2O5/c1-11(8-22)9-24-12(2)17(19(27)21(23)28)18-15(24)7-13-5-3-4-6-14(13)20(18)29-10-16(25)26/h3-7H,1,8-10H2,2H3,(H2,23,28)(H,25,26). The van der Waals surface area contributed by atoms with Crippen LogP contribution in [-0.4, -0.2) is 40.6 Å². The minimum Gasteiger partial charge on any atom is -0.481 e. The minimum atomic E-state index is -1.20. The first-order chi connectivity index (χ1) is 13.8. The number of hydrogen-bond acceptors (Lipinski definition) is 4. The lowest BCUT2D eigenvalue weighted by molar-refractivity contribution is -0.139. The summed E-state index contributed by atoms with van der Waals surface area (Å²) in [6.45, 7) is 3.94. The molecule has 0 aliphatic carbocycles. The topological polar surface area (TPSA) is 112 Å². The van der Waals surface area contributed by atoms with Crippen LogP contribution < -0.4 is 10.5 Å². The number of Topliss-reactive ketones (excluding diaryl/α,β-unsaturated/α-hetero) is 1. The maximum absolute atomic E-state index is 13.1. The number of carbonyl (C=O) groups excluding carboxylic acids is 2. The summed E-state index contributed by atoms with van der Waals surface area (Å²) >= 11 is 0. The molecule has 0 bridgehead atoms. The van der Waals surface area contributed by atoms with Crippen molar-refractivity contribution in [3.8, 4) is 5.75 Å². The minimum absolute atomic E-state index is 0.00491. The summed E-state index contributed by atoms with van der Waals surface area (Å²) in [5, 5.41) is 10.6. The van der Waals surface area contributed by atoms with Crippen LogP contribution in [0.1, 0.15) is 16.1 Å². The fraction of sp³-hybridized carbons (Fsp3) is 0.190. The van der Waals surface area contributed by atoms with Gasteiger partial charge in [0.05, 0.1) is 16.5 Å². The molecule has 0 atom stereocenters. The number of benzene rings is 2. The molecule has 0 saturated heterocycles. The molecular formula is C21H19FN2O5. The Bertz CT molecular complexity index is 1180. The molecule has 8 heteroatoms. The molecule has 3 N–H and O–H groups in total. The number of halogens is 1. The van der Waals surface area contributed by atoms with Gasteiger partial charge < -0.3 is 20.1 Å². The number of alkyl halides is 1. The molecule has 0 saturated carbocycles. The molecule has 0 spiro atoms. The Labute approximate surface area is 165 Å².